The van der Waals surface area contributed by atoms with Crippen molar-refractivity contribution >= 4 is 21.8 Å². The average molecular weight is 240 g/mol. The maximum Gasteiger partial charge on any atom is 0.271 e. The first-order valence-corrected chi connectivity index (χ1v) is 4.30. The fourth-order valence-electron chi connectivity index (χ4n) is 0.756. The predicted octanol–water partition coefficient (Wildman–Crippen LogP) is 1.10. The number of aromatic nitrogens is 1. The summed E-state index contributed by atoms with van der Waals surface area (Å²) < 4.78 is 0.616. The molecule has 1 aromatic heterocycles. The molecular weight excluding hydrogens is 234 g/mol. The molecule has 5 heteroatoms. The van der Waals surface area contributed by atoms with E-state index in [0.717, 1.165) is 0 Å². The number of nitrogens with one attached hydrogen (secondary N) is 1. The van der Waals surface area contributed by atoms with E-state index in [1.807, 2.05) is 6.07 Å². The number of carbonyl (C=O) groups excluding carboxylic acids is 1. The molecule has 0 radical (unpaired) electrons. The molecule has 0 fully saturated rings. The number of nitrogens with zero attached hydrogens (tertiary/aromatic N) is 2. The van der Waals surface area contributed by atoms with E-state index in [-0.39, 0.29) is 18.1 Å². The Hall–Kier alpha value is -1.41. The van der Waals surface area contributed by atoms with E-state index in [9.17, 15) is 4.79 Å². The minimum absolute atomic E-state index is 0.0121. The van der Waals surface area contributed by atoms with Crippen molar-refractivity contribution in [3.8, 4) is 6.07 Å². The van der Waals surface area contributed by atoms with Gasteiger partial charge < -0.3 is 5.32 Å². The Morgan fingerprint density at radius 1 is 1.77 bits per heavy atom. The second-order valence-electron chi connectivity index (χ2n) is 2.17. The molecule has 0 spiro atoms. The predicted molar refractivity (Wildman–Crippen MR) is 49.9 cm³/mol. The maximum absolute atomic E-state index is 11.3. The SMILES string of the molecule is N#CCNC(=O)c1ncccc1Br. The number of hydrogen-bond donors (Lipinski definition) is 1. The van der Waals surface area contributed by atoms with Gasteiger partial charge in [0.1, 0.15) is 12.2 Å². The van der Waals surface area contributed by atoms with Gasteiger partial charge >= 0.3 is 0 Å². The average Bonchev–Trinajstić information content (AvgIpc) is 2.15. The highest BCUT2D eigenvalue weighted by Crippen LogP contribution is 2.12. The quantitative estimate of drug-likeness (QED) is 0.787. The number of rotatable bonds is 2. The summed E-state index contributed by atoms with van der Waals surface area (Å²) >= 11 is 3.18. The van der Waals surface area contributed by atoms with Crippen molar-refractivity contribution in [1.29, 1.82) is 5.26 Å². The molecule has 0 aromatic carbocycles. The third-order valence-corrected chi connectivity index (χ3v) is 1.94. The van der Waals surface area contributed by atoms with Crippen LogP contribution in [0.3, 0.4) is 0 Å². The summed E-state index contributed by atoms with van der Waals surface area (Å²) in [7, 11) is 0. The molecule has 0 saturated heterocycles. The molecule has 4 nitrogen and oxygen atoms in total. The van der Waals surface area contributed by atoms with Gasteiger partial charge in [-0.2, -0.15) is 5.26 Å². The molecule has 0 atom stereocenters. The molecule has 1 aromatic rings. The van der Waals surface area contributed by atoms with Crippen molar-refractivity contribution in [3.63, 3.8) is 0 Å². The fraction of sp³-hybridized carbons (Fsp3) is 0.125. The van der Waals surface area contributed by atoms with Crippen LogP contribution in [-0.4, -0.2) is 17.4 Å². The highest BCUT2D eigenvalue weighted by atomic mass is 79.9. The smallest absolute Gasteiger partial charge is 0.271 e. The molecule has 1 rings (SSSR count). The van der Waals surface area contributed by atoms with E-state index in [2.05, 4.69) is 26.2 Å². The minimum Gasteiger partial charge on any atom is -0.338 e. The molecule has 66 valence electrons. The van der Waals surface area contributed by atoms with Crippen LogP contribution in [0.5, 0.6) is 0 Å². The largest absolute Gasteiger partial charge is 0.338 e. The monoisotopic (exact) mass is 239 g/mol. The van der Waals surface area contributed by atoms with Crippen LogP contribution in [0.25, 0.3) is 0 Å². The zero-order valence-electron chi connectivity index (χ0n) is 6.62. The lowest BCUT2D eigenvalue weighted by molar-refractivity contribution is 0.0952. The van der Waals surface area contributed by atoms with Crippen LogP contribution in [0.2, 0.25) is 0 Å². The molecular formula is C8H6BrN3O. The van der Waals surface area contributed by atoms with E-state index in [0.29, 0.717) is 4.47 Å². The number of nitriles is 1. The summed E-state index contributed by atoms with van der Waals surface area (Å²) in [6.45, 7) is -0.0121. The second-order valence-corrected chi connectivity index (χ2v) is 3.03. The molecule has 0 saturated carbocycles. The summed E-state index contributed by atoms with van der Waals surface area (Å²) in [6.07, 6.45) is 1.52. The molecule has 13 heavy (non-hydrogen) atoms. The molecule has 1 amide bonds. The Bertz CT molecular complexity index is 359. The van der Waals surface area contributed by atoms with Gasteiger partial charge in [0.15, 0.2) is 0 Å². The molecule has 0 aliphatic heterocycles. The fourth-order valence-corrected chi connectivity index (χ4v) is 1.19. The molecule has 1 N–H and O–H groups in total. The van der Waals surface area contributed by atoms with E-state index in [1.165, 1.54) is 6.20 Å². The first-order chi connectivity index (χ1) is 6.25. The zero-order valence-corrected chi connectivity index (χ0v) is 8.21. The molecule has 0 aliphatic rings. The van der Waals surface area contributed by atoms with Crippen molar-refractivity contribution < 1.29 is 4.79 Å². The lowest BCUT2D eigenvalue weighted by Gasteiger charge is -2.01. The van der Waals surface area contributed by atoms with Gasteiger partial charge in [-0.15, -0.1) is 0 Å². The zero-order chi connectivity index (χ0) is 9.68. The van der Waals surface area contributed by atoms with Crippen LogP contribution in [-0.2, 0) is 0 Å². The molecule has 1 heterocycles. The molecule has 0 aliphatic carbocycles. The van der Waals surface area contributed by atoms with E-state index >= 15 is 0 Å². The highest BCUT2D eigenvalue weighted by molar-refractivity contribution is 9.10. The minimum atomic E-state index is -0.353. The third-order valence-electron chi connectivity index (χ3n) is 1.30. The van der Waals surface area contributed by atoms with Gasteiger partial charge in [-0.05, 0) is 28.1 Å². The first-order valence-electron chi connectivity index (χ1n) is 3.51. The summed E-state index contributed by atoms with van der Waals surface area (Å²) in [5.74, 6) is -0.353. The molecule has 0 unspecified atom stereocenters. The van der Waals surface area contributed by atoms with Gasteiger partial charge in [-0.25, -0.2) is 4.98 Å². The van der Waals surface area contributed by atoms with Crippen molar-refractivity contribution in [1.82, 2.24) is 10.3 Å². The van der Waals surface area contributed by atoms with Crippen molar-refractivity contribution in [2.45, 2.75) is 0 Å². The lowest BCUT2D eigenvalue weighted by atomic mass is 10.3. The van der Waals surface area contributed by atoms with Crippen molar-refractivity contribution in [2.24, 2.45) is 0 Å². The van der Waals surface area contributed by atoms with E-state index < -0.39 is 0 Å². The first kappa shape index (κ1) is 9.68. The van der Waals surface area contributed by atoms with Crippen LogP contribution in [0.4, 0.5) is 0 Å². The summed E-state index contributed by atoms with van der Waals surface area (Å²) in [5.41, 5.74) is 0.290. The van der Waals surface area contributed by atoms with Gasteiger partial charge in [-0.3, -0.25) is 4.79 Å². The summed E-state index contributed by atoms with van der Waals surface area (Å²) in [4.78, 5) is 15.1. The number of halogens is 1. The topological polar surface area (TPSA) is 65.8 Å². The maximum atomic E-state index is 11.3. The second kappa shape index (κ2) is 4.58. The Balaban J connectivity index is 2.78. The van der Waals surface area contributed by atoms with Crippen LogP contribution in [0.15, 0.2) is 22.8 Å². The number of amides is 1. The summed E-state index contributed by atoms with van der Waals surface area (Å²) in [6, 6.07) is 5.24. The van der Waals surface area contributed by atoms with Crippen LogP contribution >= 0.6 is 15.9 Å². The lowest BCUT2D eigenvalue weighted by Crippen LogP contribution is -2.24. The molecule has 0 bridgehead atoms. The third kappa shape index (κ3) is 2.53. The number of hydrogen-bond acceptors (Lipinski definition) is 3. The van der Waals surface area contributed by atoms with Crippen LogP contribution in [0, 0.1) is 11.3 Å². The van der Waals surface area contributed by atoms with E-state index in [1.54, 1.807) is 12.1 Å². The Kier molecular flexibility index (Phi) is 3.41. The normalized spacial score (nSPS) is 8.92. The standard InChI is InChI=1S/C8H6BrN3O/c9-6-2-1-4-11-7(6)8(13)12-5-3-10/h1-2,4H,5H2,(H,12,13). The Labute approximate surface area is 83.7 Å². The Morgan fingerprint density at radius 3 is 3.15 bits per heavy atom. The van der Waals surface area contributed by atoms with Gasteiger partial charge in [0.05, 0.1) is 6.07 Å². The van der Waals surface area contributed by atoms with Gasteiger partial charge in [-0.1, -0.05) is 0 Å². The van der Waals surface area contributed by atoms with Crippen molar-refractivity contribution in [3.05, 3.63) is 28.5 Å². The van der Waals surface area contributed by atoms with E-state index in [4.69, 9.17) is 5.26 Å². The highest BCUT2D eigenvalue weighted by Gasteiger charge is 2.09. The Morgan fingerprint density at radius 2 is 2.54 bits per heavy atom. The van der Waals surface area contributed by atoms with Gasteiger partial charge in [0.2, 0.25) is 0 Å². The number of pyridine rings is 1. The van der Waals surface area contributed by atoms with Crippen molar-refractivity contribution in [2.75, 3.05) is 6.54 Å². The van der Waals surface area contributed by atoms with Crippen LogP contribution in [0.1, 0.15) is 10.5 Å². The van der Waals surface area contributed by atoms with Crippen LogP contribution < -0.4 is 5.32 Å². The summed E-state index contributed by atoms with van der Waals surface area (Å²) in [5, 5.41) is 10.6. The number of carbonyl (C=O) groups is 1. The van der Waals surface area contributed by atoms with Gasteiger partial charge in [0, 0.05) is 10.7 Å². The van der Waals surface area contributed by atoms with Gasteiger partial charge in [0.25, 0.3) is 5.91 Å².